The Morgan fingerprint density at radius 2 is 1.57 bits per heavy atom. The van der Waals surface area contributed by atoms with Gasteiger partial charge in [-0.05, 0) is 172 Å². The summed E-state index contributed by atoms with van der Waals surface area (Å²) in [4.78, 5) is 39.4. The van der Waals surface area contributed by atoms with Gasteiger partial charge in [0.1, 0.15) is 0 Å². The zero-order valence-electron chi connectivity index (χ0n) is 33.9. The number of amides is 1. The highest BCUT2D eigenvalue weighted by Crippen LogP contribution is 2.77. The fourth-order valence-electron chi connectivity index (χ4n) is 14.0. The summed E-state index contributed by atoms with van der Waals surface area (Å²) in [6.07, 6.45) is 14.2. The first-order valence-corrected chi connectivity index (χ1v) is 20.9. The number of aliphatic carboxylic acids is 1. The Bertz CT molecular complexity index is 1610. The van der Waals surface area contributed by atoms with E-state index in [1.54, 1.807) is 12.1 Å². The van der Waals surface area contributed by atoms with Gasteiger partial charge < -0.3 is 20.4 Å². The maximum atomic E-state index is 14.5. The lowest BCUT2D eigenvalue weighted by Gasteiger charge is -2.72. The van der Waals surface area contributed by atoms with Crippen LogP contribution in [-0.2, 0) is 9.59 Å². The average Bonchev–Trinajstić information content (AvgIpc) is 3.50. The van der Waals surface area contributed by atoms with Gasteiger partial charge in [0.05, 0.1) is 11.0 Å². The van der Waals surface area contributed by atoms with Gasteiger partial charge in [-0.15, -0.1) is 0 Å². The zero-order chi connectivity index (χ0) is 38.6. The summed E-state index contributed by atoms with van der Waals surface area (Å²) in [6.45, 7) is 24.8. The number of carboxylic acids is 2. The van der Waals surface area contributed by atoms with Crippen LogP contribution < -0.4 is 5.32 Å². The van der Waals surface area contributed by atoms with E-state index in [9.17, 15) is 19.5 Å². The van der Waals surface area contributed by atoms with Gasteiger partial charge in [0.15, 0.2) is 0 Å². The molecular formula is C46H68N2O5. The van der Waals surface area contributed by atoms with E-state index in [-0.39, 0.29) is 39.4 Å². The van der Waals surface area contributed by atoms with Crippen LogP contribution in [0, 0.1) is 56.7 Å². The van der Waals surface area contributed by atoms with Crippen molar-refractivity contribution in [3.63, 3.8) is 0 Å². The second-order valence-corrected chi connectivity index (χ2v) is 19.3. The number of carboxylic acid groups (broad SMARTS) is 2. The van der Waals surface area contributed by atoms with E-state index >= 15 is 0 Å². The predicted molar refractivity (Wildman–Crippen MR) is 212 cm³/mol. The van der Waals surface area contributed by atoms with Crippen molar-refractivity contribution in [2.24, 2.45) is 56.7 Å². The van der Waals surface area contributed by atoms with E-state index in [1.807, 2.05) is 12.1 Å². The van der Waals surface area contributed by atoms with Crippen molar-refractivity contribution in [2.75, 3.05) is 26.2 Å². The third-order valence-electron chi connectivity index (χ3n) is 16.8. The van der Waals surface area contributed by atoms with Crippen LogP contribution in [0.2, 0.25) is 0 Å². The molecule has 7 heteroatoms. The smallest absolute Gasteiger partial charge is 0.335 e. The molecule has 0 saturated heterocycles. The van der Waals surface area contributed by atoms with E-state index in [1.165, 1.54) is 36.8 Å². The van der Waals surface area contributed by atoms with Crippen molar-refractivity contribution in [3.05, 3.63) is 53.6 Å². The normalized spacial score (nSPS) is 37.1. The molecule has 7 nitrogen and oxygen atoms in total. The second-order valence-electron chi connectivity index (χ2n) is 19.3. The molecule has 0 spiro atoms. The maximum Gasteiger partial charge on any atom is 0.335 e. The summed E-state index contributed by atoms with van der Waals surface area (Å²) in [6, 6.07) is 7.52. The van der Waals surface area contributed by atoms with Gasteiger partial charge in [0.2, 0.25) is 5.91 Å². The van der Waals surface area contributed by atoms with Crippen LogP contribution >= 0.6 is 0 Å². The molecular weight excluding hydrogens is 661 g/mol. The summed E-state index contributed by atoms with van der Waals surface area (Å²) in [5, 5.41) is 22.0. The van der Waals surface area contributed by atoms with Crippen molar-refractivity contribution in [1.82, 2.24) is 10.2 Å². The SMILES string of the molecule is C=C(C)[C@@H]1CC[C@]2(C(=O)NCCCN(CC)CCCC(=O)O)CC[C@]3(C)C(CC[C@@H]4[C@@]5(C)CC=C(c6ccc(C(=O)O)cc6)C(C)(C)[C@@H]5CC[C@]43C)[C@@H]12. The van der Waals surface area contributed by atoms with Crippen LogP contribution in [0.4, 0.5) is 0 Å². The zero-order valence-corrected chi connectivity index (χ0v) is 33.9. The third-order valence-corrected chi connectivity index (χ3v) is 16.8. The average molecular weight is 729 g/mol. The molecule has 1 aromatic rings. The number of carbonyl (C=O) groups is 3. The van der Waals surface area contributed by atoms with Crippen molar-refractivity contribution < 1.29 is 24.6 Å². The molecule has 292 valence electrons. The molecule has 5 aliphatic carbocycles. The number of benzene rings is 1. The van der Waals surface area contributed by atoms with E-state index in [0.29, 0.717) is 48.1 Å². The number of nitrogens with zero attached hydrogens (tertiary/aromatic N) is 1. The Morgan fingerprint density at radius 3 is 2.21 bits per heavy atom. The van der Waals surface area contributed by atoms with Crippen molar-refractivity contribution in [2.45, 2.75) is 126 Å². The van der Waals surface area contributed by atoms with Crippen LogP contribution in [0.3, 0.4) is 0 Å². The first-order chi connectivity index (χ1) is 25.0. The van der Waals surface area contributed by atoms with Crippen molar-refractivity contribution >= 4 is 23.4 Å². The van der Waals surface area contributed by atoms with Gasteiger partial charge in [-0.25, -0.2) is 4.79 Å². The number of hydrogen-bond acceptors (Lipinski definition) is 4. The lowest BCUT2D eigenvalue weighted by atomic mass is 9.32. The van der Waals surface area contributed by atoms with Crippen LogP contribution in [0.15, 0.2) is 42.5 Å². The minimum absolute atomic E-state index is 0.0280. The summed E-state index contributed by atoms with van der Waals surface area (Å²) in [7, 11) is 0. The van der Waals surface area contributed by atoms with E-state index in [4.69, 9.17) is 5.11 Å². The molecule has 1 unspecified atom stereocenters. The van der Waals surface area contributed by atoms with Gasteiger partial charge in [0.25, 0.3) is 0 Å². The fraction of sp³-hybridized carbons (Fsp3) is 0.717. The lowest BCUT2D eigenvalue weighted by molar-refractivity contribution is -0.225. The monoisotopic (exact) mass is 729 g/mol. The number of fused-ring (bicyclic) bond motifs is 7. The molecule has 5 aliphatic rings. The highest BCUT2D eigenvalue weighted by Gasteiger charge is 2.71. The Hall–Kier alpha value is -2.93. The molecule has 0 aromatic heterocycles. The maximum absolute atomic E-state index is 14.5. The lowest BCUT2D eigenvalue weighted by Crippen LogP contribution is -2.66. The van der Waals surface area contributed by atoms with Gasteiger partial charge >= 0.3 is 11.9 Å². The summed E-state index contributed by atoms with van der Waals surface area (Å²) in [5.74, 6) is 0.989. The molecule has 6 rings (SSSR count). The Labute approximate surface area is 319 Å². The summed E-state index contributed by atoms with van der Waals surface area (Å²) in [5.41, 5.74) is 4.24. The van der Waals surface area contributed by atoms with E-state index in [0.717, 1.165) is 63.7 Å². The molecule has 1 aromatic carbocycles. The number of carbonyl (C=O) groups excluding carboxylic acids is 1. The molecule has 3 N–H and O–H groups in total. The standard InChI is InChI=1S/C46H68N2O5/c1-9-48(28-10-12-38(49)50)29-11-27-47-41(53)46-24-19-33(30(2)3)39(46)35-17-18-37-43(6)22-20-34(31-13-15-32(16-14-31)40(51)52)42(4,5)36(43)21-23-45(37,8)44(35,7)25-26-46/h13-16,20,33,35-37,39H,2,9-12,17-19,21-29H2,1,3-8H3,(H,47,53)(H,49,50)(H,51,52)/t33-,35?,36-,37+,39+,43-,44+,45+,46-/m0/s1. The number of rotatable bonds is 13. The highest BCUT2D eigenvalue weighted by atomic mass is 16.4. The molecule has 4 saturated carbocycles. The first kappa shape index (κ1) is 39.8. The van der Waals surface area contributed by atoms with Crippen molar-refractivity contribution in [1.29, 1.82) is 0 Å². The van der Waals surface area contributed by atoms with Gasteiger partial charge in [-0.3, -0.25) is 9.59 Å². The third kappa shape index (κ3) is 6.53. The van der Waals surface area contributed by atoms with Crippen LogP contribution in [0.25, 0.3) is 5.57 Å². The Morgan fingerprint density at radius 1 is 0.868 bits per heavy atom. The first-order valence-electron chi connectivity index (χ1n) is 20.9. The minimum atomic E-state index is -0.883. The number of aromatic carboxylic acids is 1. The molecule has 1 amide bonds. The summed E-state index contributed by atoms with van der Waals surface area (Å²) >= 11 is 0. The van der Waals surface area contributed by atoms with Gasteiger partial charge in [-0.2, -0.15) is 0 Å². The molecule has 0 radical (unpaired) electrons. The van der Waals surface area contributed by atoms with Crippen LogP contribution in [0.1, 0.15) is 141 Å². The Kier molecular flexibility index (Phi) is 11.0. The van der Waals surface area contributed by atoms with Crippen LogP contribution in [-0.4, -0.2) is 59.1 Å². The van der Waals surface area contributed by atoms with E-state index in [2.05, 4.69) is 71.3 Å². The number of allylic oxidation sites excluding steroid dienone is 3. The number of nitrogens with one attached hydrogen (secondary N) is 1. The fourth-order valence-corrected chi connectivity index (χ4v) is 14.0. The molecule has 9 atom stereocenters. The van der Waals surface area contributed by atoms with E-state index < -0.39 is 11.9 Å². The number of hydrogen-bond donors (Lipinski definition) is 3. The summed E-state index contributed by atoms with van der Waals surface area (Å²) < 4.78 is 0. The quantitative estimate of drug-likeness (QED) is 0.138. The van der Waals surface area contributed by atoms with Gasteiger partial charge in [0, 0.05) is 13.0 Å². The van der Waals surface area contributed by atoms with Gasteiger partial charge in [-0.1, -0.05) is 71.9 Å². The van der Waals surface area contributed by atoms with Crippen molar-refractivity contribution in [3.8, 4) is 0 Å². The molecule has 53 heavy (non-hydrogen) atoms. The van der Waals surface area contributed by atoms with Crippen LogP contribution in [0.5, 0.6) is 0 Å². The Balaban J connectivity index is 1.22. The highest BCUT2D eigenvalue weighted by molar-refractivity contribution is 5.88. The second kappa shape index (κ2) is 14.6. The topological polar surface area (TPSA) is 107 Å². The molecule has 4 fully saturated rings. The molecule has 0 aliphatic heterocycles. The largest absolute Gasteiger partial charge is 0.481 e. The predicted octanol–water partition coefficient (Wildman–Crippen LogP) is 9.73. The molecule has 0 bridgehead atoms. The minimum Gasteiger partial charge on any atom is -0.481 e. The molecule has 0 heterocycles.